The van der Waals surface area contributed by atoms with Gasteiger partial charge in [0.15, 0.2) is 0 Å². The summed E-state index contributed by atoms with van der Waals surface area (Å²) in [6, 6.07) is 21.6. The highest BCUT2D eigenvalue weighted by Crippen LogP contribution is 2.40. The van der Waals surface area contributed by atoms with Crippen molar-refractivity contribution in [3.8, 4) is 33.2 Å². The Labute approximate surface area is 188 Å². The maximum atomic E-state index is 11.0. The van der Waals surface area contributed by atoms with Gasteiger partial charge in [-0.1, -0.05) is 11.3 Å². The monoisotopic (exact) mass is 445 g/mol. The molecule has 0 aliphatic carbocycles. The Hall–Kier alpha value is -4.04. The first-order chi connectivity index (χ1) is 15.6. The summed E-state index contributed by atoms with van der Waals surface area (Å²) in [5.41, 5.74) is 3.46. The lowest BCUT2D eigenvalue weighted by Gasteiger charge is -2.04. The van der Waals surface area contributed by atoms with E-state index in [1.54, 1.807) is 32.6 Å². The first-order valence-electron chi connectivity index (χ1n) is 9.65. The van der Waals surface area contributed by atoms with Crippen molar-refractivity contribution in [2.75, 3.05) is 14.2 Å². The second kappa shape index (κ2) is 9.40. The molecule has 1 aromatic heterocycles. The summed E-state index contributed by atoms with van der Waals surface area (Å²) in [4.78, 5) is 20.8. The van der Waals surface area contributed by atoms with E-state index in [-0.39, 0.29) is 5.69 Å². The largest absolute Gasteiger partial charge is 0.497 e. The van der Waals surface area contributed by atoms with Gasteiger partial charge in [0.25, 0.3) is 5.69 Å². The van der Waals surface area contributed by atoms with E-state index in [1.807, 2.05) is 48.5 Å². The van der Waals surface area contributed by atoms with E-state index in [4.69, 9.17) is 14.5 Å². The summed E-state index contributed by atoms with van der Waals surface area (Å²) in [5, 5.41) is 11.6. The molecule has 32 heavy (non-hydrogen) atoms. The van der Waals surface area contributed by atoms with Gasteiger partial charge in [-0.25, -0.2) is 9.98 Å². The van der Waals surface area contributed by atoms with Crippen molar-refractivity contribution >= 4 is 28.4 Å². The number of hydrogen-bond acceptors (Lipinski definition) is 7. The molecular weight excluding hydrogens is 426 g/mol. The van der Waals surface area contributed by atoms with Gasteiger partial charge < -0.3 is 9.47 Å². The zero-order chi connectivity index (χ0) is 22.5. The van der Waals surface area contributed by atoms with Crippen LogP contribution in [0.2, 0.25) is 0 Å². The quantitative estimate of drug-likeness (QED) is 0.193. The Kier molecular flexibility index (Phi) is 6.23. The molecule has 0 unspecified atom stereocenters. The Morgan fingerprint density at radius 2 is 1.44 bits per heavy atom. The highest BCUT2D eigenvalue weighted by molar-refractivity contribution is 7.19. The number of aromatic nitrogens is 1. The number of nitro benzene ring substituents is 1. The SMILES string of the molecule is COc1ccc(C=Nc2nc(-c3ccc(OC)cc3)c(-c3ccc([N+](=O)[O-])cc3)s2)cc1. The van der Waals surface area contributed by atoms with Crippen LogP contribution in [0.3, 0.4) is 0 Å². The minimum absolute atomic E-state index is 0.0435. The van der Waals surface area contributed by atoms with Gasteiger partial charge in [-0.05, 0) is 71.8 Å². The fourth-order valence-electron chi connectivity index (χ4n) is 3.06. The maximum Gasteiger partial charge on any atom is 0.269 e. The number of nitrogens with zero attached hydrogens (tertiary/aromatic N) is 3. The molecule has 7 nitrogen and oxygen atoms in total. The maximum absolute atomic E-state index is 11.0. The normalized spacial score (nSPS) is 10.9. The number of non-ortho nitro benzene ring substituents is 1. The molecule has 160 valence electrons. The predicted octanol–water partition coefficient (Wildman–Crippen LogP) is 6.15. The molecule has 0 spiro atoms. The number of methoxy groups -OCH3 is 2. The van der Waals surface area contributed by atoms with Gasteiger partial charge in [-0.3, -0.25) is 10.1 Å². The van der Waals surface area contributed by atoms with Crippen molar-refractivity contribution in [1.82, 2.24) is 4.98 Å². The number of nitro groups is 1. The molecule has 0 aliphatic heterocycles. The van der Waals surface area contributed by atoms with Gasteiger partial charge in [-0.2, -0.15) is 0 Å². The number of ether oxygens (including phenoxy) is 2. The molecule has 1 heterocycles. The molecule has 0 N–H and O–H groups in total. The number of rotatable bonds is 7. The van der Waals surface area contributed by atoms with Crippen LogP contribution >= 0.6 is 11.3 Å². The van der Waals surface area contributed by atoms with Crippen molar-refractivity contribution < 1.29 is 14.4 Å². The van der Waals surface area contributed by atoms with Crippen molar-refractivity contribution in [3.05, 3.63) is 88.5 Å². The average molecular weight is 446 g/mol. The van der Waals surface area contributed by atoms with Crippen molar-refractivity contribution in [1.29, 1.82) is 0 Å². The minimum atomic E-state index is -0.411. The van der Waals surface area contributed by atoms with Crippen LogP contribution in [0.5, 0.6) is 11.5 Å². The van der Waals surface area contributed by atoms with Crippen LogP contribution in [-0.2, 0) is 0 Å². The average Bonchev–Trinajstić information content (AvgIpc) is 3.27. The van der Waals surface area contributed by atoms with Gasteiger partial charge in [0.2, 0.25) is 5.13 Å². The van der Waals surface area contributed by atoms with Gasteiger partial charge in [0.1, 0.15) is 11.5 Å². The summed E-state index contributed by atoms with van der Waals surface area (Å²) < 4.78 is 10.4. The lowest BCUT2D eigenvalue weighted by atomic mass is 10.1. The topological polar surface area (TPSA) is 86.9 Å². The highest BCUT2D eigenvalue weighted by Gasteiger charge is 2.16. The lowest BCUT2D eigenvalue weighted by Crippen LogP contribution is -1.88. The molecule has 0 aliphatic rings. The van der Waals surface area contributed by atoms with E-state index < -0.39 is 4.92 Å². The molecule has 0 radical (unpaired) electrons. The Morgan fingerprint density at radius 1 is 0.875 bits per heavy atom. The second-order valence-electron chi connectivity index (χ2n) is 6.74. The van der Waals surface area contributed by atoms with Crippen LogP contribution in [-0.4, -0.2) is 30.3 Å². The number of aliphatic imine (C=N–C) groups is 1. The van der Waals surface area contributed by atoms with Gasteiger partial charge in [-0.15, -0.1) is 0 Å². The van der Waals surface area contributed by atoms with Gasteiger partial charge >= 0.3 is 0 Å². The van der Waals surface area contributed by atoms with Crippen LogP contribution < -0.4 is 9.47 Å². The smallest absolute Gasteiger partial charge is 0.269 e. The molecule has 4 rings (SSSR count). The molecule has 0 bridgehead atoms. The first kappa shape index (κ1) is 21.2. The molecule has 8 heteroatoms. The summed E-state index contributed by atoms with van der Waals surface area (Å²) in [6.45, 7) is 0. The van der Waals surface area contributed by atoms with Crippen LogP contribution in [0.1, 0.15) is 5.56 Å². The molecular formula is C24H19N3O4S. The Morgan fingerprint density at radius 3 is 2.00 bits per heavy atom. The van der Waals surface area contributed by atoms with Crippen molar-refractivity contribution in [2.45, 2.75) is 0 Å². The number of thiazole rings is 1. The zero-order valence-electron chi connectivity index (χ0n) is 17.4. The third kappa shape index (κ3) is 4.65. The molecule has 3 aromatic carbocycles. The zero-order valence-corrected chi connectivity index (χ0v) is 18.2. The standard InChI is InChI=1S/C24H19N3O4S/c1-30-20-11-3-16(4-12-20)15-25-24-26-22(17-7-13-21(31-2)14-8-17)23(32-24)18-5-9-19(10-6-18)27(28)29/h3-15H,1-2H3. The number of hydrogen-bond donors (Lipinski definition) is 0. The van der Waals surface area contributed by atoms with E-state index in [0.717, 1.165) is 38.8 Å². The van der Waals surface area contributed by atoms with E-state index >= 15 is 0 Å². The van der Waals surface area contributed by atoms with Crippen LogP contribution in [0.15, 0.2) is 77.8 Å². The molecule has 0 atom stereocenters. The van der Waals surface area contributed by atoms with Gasteiger partial charge in [0.05, 0.1) is 29.7 Å². The van der Waals surface area contributed by atoms with E-state index in [9.17, 15) is 10.1 Å². The predicted molar refractivity (Wildman–Crippen MR) is 126 cm³/mol. The summed E-state index contributed by atoms with van der Waals surface area (Å²) in [6.07, 6.45) is 1.75. The van der Waals surface area contributed by atoms with E-state index in [1.165, 1.54) is 23.5 Å². The molecule has 4 aromatic rings. The first-order valence-corrected chi connectivity index (χ1v) is 10.5. The number of benzene rings is 3. The summed E-state index contributed by atoms with van der Waals surface area (Å²) in [7, 11) is 3.24. The van der Waals surface area contributed by atoms with Crippen LogP contribution in [0.4, 0.5) is 10.8 Å². The second-order valence-corrected chi connectivity index (χ2v) is 7.72. The molecule has 0 amide bonds. The summed E-state index contributed by atoms with van der Waals surface area (Å²) in [5.74, 6) is 1.53. The minimum Gasteiger partial charge on any atom is -0.497 e. The van der Waals surface area contributed by atoms with E-state index in [0.29, 0.717) is 5.13 Å². The lowest BCUT2D eigenvalue weighted by molar-refractivity contribution is -0.384. The third-order valence-electron chi connectivity index (χ3n) is 4.76. The molecule has 0 saturated carbocycles. The van der Waals surface area contributed by atoms with Crippen LogP contribution in [0.25, 0.3) is 21.7 Å². The third-order valence-corrected chi connectivity index (χ3v) is 5.77. The van der Waals surface area contributed by atoms with Crippen LogP contribution in [0, 0.1) is 10.1 Å². The van der Waals surface area contributed by atoms with E-state index in [2.05, 4.69) is 4.99 Å². The van der Waals surface area contributed by atoms with Gasteiger partial charge in [0, 0.05) is 23.9 Å². The fourth-order valence-corrected chi connectivity index (χ4v) is 4.00. The van der Waals surface area contributed by atoms with Crippen molar-refractivity contribution in [2.24, 2.45) is 4.99 Å². The van der Waals surface area contributed by atoms with Crippen molar-refractivity contribution in [3.63, 3.8) is 0 Å². The molecule has 0 fully saturated rings. The Bertz CT molecular complexity index is 1250. The highest BCUT2D eigenvalue weighted by atomic mass is 32.1. The fraction of sp³-hybridized carbons (Fsp3) is 0.0833. The summed E-state index contributed by atoms with van der Waals surface area (Å²) >= 11 is 1.42. The molecule has 0 saturated heterocycles. The Balaban J connectivity index is 1.73.